The van der Waals surface area contributed by atoms with Gasteiger partial charge in [0, 0.05) is 12.1 Å². The zero-order valence-corrected chi connectivity index (χ0v) is 7.51. The summed E-state index contributed by atoms with van der Waals surface area (Å²) < 4.78 is 12.3. The molecule has 82 valence electrons. The molecule has 15 heavy (non-hydrogen) atoms. The molecular formula is C7H9FN4O3. The zero-order valence-electron chi connectivity index (χ0n) is 7.51. The van der Waals surface area contributed by atoms with Gasteiger partial charge in [0.2, 0.25) is 0 Å². The predicted octanol–water partition coefficient (Wildman–Crippen LogP) is -0.325. The Morgan fingerprint density at radius 2 is 1.80 bits per heavy atom. The predicted molar refractivity (Wildman–Crippen MR) is 50.3 cm³/mol. The van der Waals surface area contributed by atoms with E-state index < -0.39 is 5.09 Å². The molecular weight excluding hydrogens is 207 g/mol. The first-order valence-electron chi connectivity index (χ1n) is 3.67. The molecule has 0 bridgehead atoms. The van der Waals surface area contributed by atoms with Crippen molar-refractivity contribution in [2.75, 3.05) is 0 Å². The lowest BCUT2D eigenvalue weighted by Gasteiger charge is -1.95. The number of guanidine groups is 1. The molecule has 1 aromatic carbocycles. The van der Waals surface area contributed by atoms with E-state index in [4.69, 9.17) is 26.5 Å². The van der Waals surface area contributed by atoms with E-state index in [1.807, 2.05) is 0 Å². The average Bonchev–Trinajstić information content (AvgIpc) is 2.07. The second-order valence-corrected chi connectivity index (χ2v) is 2.37. The van der Waals surface area contributed by atoms with Crippen LogP contribution in [0.25, 0.3) is 0 Å². The number of rotatable bonds is 1. The molecule has 8 heteroatoms. The van der Waals surface area contributed by atoms with Crippen LogP contribution in [-0.4, -0.2) is 11.0 Å². The van der Waals surface area contributed by atoms with Crippen molar-refractivity contribution in [3.05, 3.63) is 45.4 Å². The molecule has 1 rings (SSSR count). The maximum absolute atomic E-state index is 12.3. The van der Waals surface area contributed by atoms with Crippen LogP contribution in [0.1, 0.15) is 0 Å². The van der Waals surface area contributed by atoms with Crippen molar-refractivity contribution in [1.29, 1.82) is 5.41 Å². The van der Waals surface area contributed by atoms with Gasteiger partial charge in [-0.2, -0.15) is 0 Å². The molecule has 0 aromatic heterocycles. The fraction of sp³-hybridized carbons (Fsp3) is 0. The summed E-state index contributed by atoms with van der Waals surface area (Å²) in [5.41, 5.74) is 5.83. The molecule has 7 nitrogen and oxygen atoms in total. The van der Waals surface area contributed by atoms with Crippen LogP contribution in [0.3, 0.4) is 0 Å². The minimum Gasteiger partial charge on any atom is -0.356 e. The van der Waals surface area contributed by atoms with Gasteiger partial charge in [-0.1, -0.05) is 0 Å². The van der Waals surface area contributed by atoms with Gasteiger partial charge >= 0.3 is 0 Å². The number of hydrogen-bond donors (Lipinski definition) is 3. The maximum Gasteiger partial charge on any atom is 0.293 e. The lowest BCUT2D eigenvalue weighted by atomic mass is 10.3. The molecule has 0 unspecified atom stereocenters. The topological polar surface area (TPSA) is 133 Å². The summed E-state index contributed by atoms with van der Waals surface area (Å²) in [4.78, 5) is 8.25. The van der Waals surface area contributed by atoms with Crippen molar-refractivity contribution < 1.29 is 14.8 Å². The maximum atomic E-state index is 12.3. The largest absolute Gasteiger partial charge is 0.356 e. The Balaban J connectivity index is 0.000000423. The van der Waals surface area contributed by atoms with Crippen LogP contribution in [0, 0.1) is 26.5 Å². The highest BCUT2D eigenvalue weighted by Crippen LogP contribution is 2.01. The first-order chi connectivity index (χ1) is 6.91. The van der Waals surface area contributed by atoms with Gasteiger partial charge in [0.15, 0.2) is 0 Å². The summed E-state index contributed by atoms with van der Waals surface area (Å²) >= 11 is 0. The lowest BCUT2D eigenvalue weighted by molar-refractivity contribution is -0.447. The van der Waals surface area contributed by atoms with E-state index in [2.05, 4.69) is 0 Å². The third kappa shape index (κ3) is 8.12. The van der Waals surface area contributed by atoms with Gasteiger partial charge < -0.3 is 21.1 Å². The normalized spacial score (nSPS) is 8.60. The number of nitrogens with one attached hydrogen (secondary N) is 1. The van der Waals surface area contributed by atoms with Crippen LogP contribution in [0.15, 0.2) is 24.3 Å². The van der Waals surface area contributed by atoms with Crippen LogP contribution in [0.5, 0.6) is 0 Å². The van der Waals surface area contributed by atoms with E-state index >= 15 is 0 Å². The SMILES string of the molecule is N=C(N)[NH2+]c1ccc(F)cc1.O=[N+]([O-])[O-]. The highest BCUT2D eigenvalue weighted by molar-refractivity contribution is 5.65. The number of quaternary nitrogens is 1. The van der Waals surface area contributed by atoms with E-state index in [9.17, 15) is 4.39 Å². The Morgan fingerprint density at radius 3 is 2.13 bits per heavy atom. The molecule has 0 fully saturated rings. The van der Waals surface area contributed by atoms with E-state index in [1.54, 1.807) is 12.1 Å². The van der Waals surface area contributed by atoms with Crippen LogP contribution >= 0.6 is 0 Å². The van der Waals surface area contributed by atoms with Crippen LogP contribution in [-0.2, 0) is 0 Å². The summed E-state index contributed by atoms with van der Waals surface area (Å²) in [6.07, 6.45) is 0. The first-order valence-corrected chi connectivity index (χ1v) is 3.67. The lowest BCUT2D eigenvalue weighted by Crippen LogP contribution is -2.84. The molecule has 0 aliphatic carbocycles. The Bertz CT molecular complexity index is 337. The van der Waals surface area contributed by atoms with Crippen LogP contribution < -0.4 is 11.1 Å². The summed E-state index contributed by atoms with van der Waals surface area (Å²) in [5.74, 6) is -0.317. The number of nitrogens with two attached hydrogens (primary N) is 2. The van der Waals surface area contributed by atoms with Gasteiger partial charge in [-0.05, 0) is 12.1 Å². The number of benzene rings is 1. The molecule has 0 spiro atoms. The quantitative estimate of drug-likeness (QED) is 0.195. The van der Waals surface area contributed by atoms with Crippen LogP contribution in [0.2, 0.25) is 0 Å². The fourth-order valence-electron chi connectivity index (χ4n) is 0.739. The number of nitrogens with zero attached hydrogens (tertiary/aromatic N) is 1. The Hall–Kier alpha value is -2.22. The Kier molecular flexibility index (Phi) is 5.34. The minimum atomic E-state index is -1.75. The molecule has 1 aromatic rings. The second-order valence-electron chi connectivity index (χ2n) is 2.37. The molecule has 0 aliphatic rings. The third-order valence-corrected chi connectivity index (χ3v) is 1.19. The number of halogens is 1. The molecule has 0 radical (unpaired) electrons. The Labute approximate surface area is 83.9 Å². The van der Waals surface area contributed by atoms with E-state index in [0.717, 1.165) is 5.69 Å². The second kappa shape index (κ2) is 6.27. The fourth-order valence-corrected chi connectivity index (χ4v) is 0.739. The summed E-state index contributed by atoms with van der Waals surface area (Å²) in [5, 5.41) is 23.1. The molecule has 0 saturated heterocycles. The van der Waals surface area contributed by atoms with Gasteiger partial charge in [-0.15, -0.1) is 0 Å². The summed E-state index contributed by atoms with van der Waals surface area (Å²) in [6, 6.07) is 5.79. The van der Waals surface area contributed by atoms with Gasteiger partial charge in [-0.25, -0.2) is 9.80 Å². The highest BCUT2D eigenvalue weighted by Gasteiger charge is 1.97. The summed E-state index contributed by atoms with van der Waals surface area (Å²) in [6.45, 7) is 0. The monoisotopic (exact) mass is 216 g/mol. The van der Waals surface area contributed by atoms with Crippen LogP contribution in [0.4, 0.5) is 10.1 Å². The van der Waals surface area contributed by atoms with Crippen molar-refractivity contribution in [2.45, 2.75) is 0 Å². The first kappa shape index (κ1) is 12.8. The highest BCUT2D eigenvalue weighted by atomic mass is 19.1. The molecule has 0 amide bonds. The molecule has 0 heterocycles. The standard InChI is InChI=1S/C7H8FN3.NO3/c8-5-1-3-6(4-2-5)11-7(9)10;2-1(3)4/h1-4H,(H4,9,10,11);/q;-1/p+1. The van der Waals surface area contributed by atoms with E-state index in [1.165, 1.54) is 17.4 Å². The van der Waals surface area contributed by atoms with E-state index in [0.29, 0.717) is 0 Å². The molecule has 0 saturated carbocycles. The average molecular weight is 216 g/mol. The van der Waals surface area contributed by atoms with Crippen molar-refractivity contribution in [2.24, 2.45) is 5.73 Å². The molecule has 0 aliphatic heterocycles. The zero-order chi connectivity index (χ0) is 11.8. The van der Waals surface area contributed by atoms with Crippen molar-refractivity contribution >= 4 is 11.6 Å². The van der Waals surface area contributed by atoms with Gasteiger partial charge in [-0.3, -0.25) is 5.32 Å². The third-order valence-electron chi connectivity index (χ3n) is 1.19. The van der Waals surface area contributed by atoms with Crippen molar-refractivity contribution in [3.8, 4) is 0 Å². The number of hydrogen-bond acceptors (Lipinski definition) is 4. The van der Waals surface area contributed by atoms with E-state index in [-0.39, 0.29) is 11.8 Å². The van der Waals surface area contributed by atoms with Gasteiger partial charge in [0.1, 0.15) is 11.5 Å². The van der Waals surface area contributed by atoms with Gasteiger partial charge in [0.05, 0.1) is 5.09 Å². The molecule has 0 atom stereocenters. The molecule has 5 N–H and O–H groups in total. The summed E-state index contributed by atoms with van der Waals surface area (Å²) in [7, 11) is 0. The van der Waals surface area contributed by atoms with Crippen molar-refractivity contribution in [1.82, 2.24) is 0 Å². The Morgan fingerprint density at radius 1 is 1.40 bits per heavy atom. The smallest absolute Gasteiger partial charge is 0.293 e. The van der Waals surface area contributed by atoms with Crippen molar-refractivity contribution in [3.63, 3.8) is 0 Å². The minimum absolute atomic E-state index is 0.0309. The van der Waals surface area contributed by atoms with Gasteiger partial charge in [0.25, 0.3) is 5.96 Å².